The molecule has 40 heavy (non-hydrogen) atoms. The van der Waals surface area contributed by atoms with Gasteiger partial charge in [-0.05, 0) is 43.2 Å². The van der Waals surface area contributed by atoms with Crippen molar-refractivity contribution >= 4 is 23.0 Å². The van der Waals surface area contributed by atoms with Crippen molar-refractivity contribution in [3.8, 4) is 0 Å². The number of pyridine rings is 1. The van der Waals surface area contributed by atoms with Crippen LogP contribution in [-0.2, 0) is 28.9 Å². The molecule has 4 rings (SSSR count). The average molecular weight is 560 g/mol. The van der Waals surface area contributed by atoms with Gasteiger partial charge >= 0.3 is 6.18 Å². The zero-order valence-corrected chi connectivity index (χ0v) is 21.5. The summed E-state index contributed by atoms with van der Waals surface area (Å²) in [6, 6.07) is 7.27. The molecule has 15 heteroatoms. The number of fused-ring (bicyclic) bond motifs is 2. The molecule has 0 radical (unpaired) electrons. The molecule has 212 valence electrons. The maximum atomic E-state index is 12.9. The molecule has 1 aliphatic heterocycles. The highest BCUT2D eigenvalue weighted by molar-refractivity contribution is 5.93. The summed E-state index contributed by atoms with van der Waals surface area (Å²) >= 11 is 0. The lowest BCUT2D eigenvalue weighted by molar-refractivity contribution is -0.137. The normalized spacial score (nSPS) is 14.2. The quantitative estimate of drug-likeness (QED) is 0.122. The first-order chi connectivity index (χ1) is 19.1. The Hall–Kier alpha value is -4.66. The zero-order chi connectivity index (χ0) is 28.7. The minimum atomic E-state index is -4.49. The highest BCUT2D eigenvalue weighted by Gasteiger charge is 2.30. The number of carbonyl (C=O) groups excluding carboxylic acids is 2. The second-order valence-electron chi connectivity index (χ2n) is 8.91. The predicted octanol–water partition coefficient (Wildman–Crippen LogP) is 2.97. The lowest BCUT2D eigenvalue weighted by Gasteiger charge is -2.24. The van der Waals surface area contributed by atoms with Crippen LogP contribution < -0.4 is 21.4 Å². The largest absolute Gasteiger partial charge is 0.457 e. The highest BCUT2D eigenvalue weighted by atomic mass is 19.4. The Kier molecular flexibility index (Phi) is 8.83. The smallest absolute Gasteiger partial charge is 0.416 e. The van der Waals surface area contributed by atoms with Crippen molar-refractivity contribution in [1.82, 2.24) is 36.5 Å². The van der Waals surface area contributed by atoms with Crippen molar-refractivity contribution in [3.63, 3.8) is 0 Å². The van der Waals surface area contributed by atoms with E-state index < -0.39 is 23.6 Å². The number of alkyl halides is 3. The summed E-state index contributed by atoms with van der Waals surface area (Å²) in [4.78, 5) is 28.6. The first-order valence-electron chi connectivity index (χ1n) is 12.3. The third-order valence-electron chi connectivity index (χ3n) is 6.01. The number of amides is 2. The molecule has 0 fully saturated rings. The van der Waals surface area contributed by atoms with Crippen LogP contribution in [0.2, 0.25) is 0 Å². The van der Waals surface area contributed by atoms with Crippen LogP contribution in [0.15, 0.2) is 69.9 Å². The van der Waals surface area contributed by atoms with E-state index in [0.717, 1.165) is 42.3 Å². The number of furan rings is 2. The number of unbranched alkanes of at least 4 members (excludes halogenated alkanes) is 1. The first-order valence-corrected chi connectivity index (χ1v) is 12.3. The van der Waals surface area contributed by atoms with Crippen LogP contribution in [0.4, 0.5) is 13.2 Å². The van der Waals surface area contributed by atoms with Crippen LogP contribution in [0.25, 0.3) is 11.2 Å². The molecule has 0 aliphatic carbocycles. The third-order valence-corrected chi connectivity index (χ3v) is 6.01. The van der Waals surface area contributed by atoms with Gasteiger partial charge in [0, 0.05) is 50.8 Å². The topological polar surface area (TPSA) is 151 Å². The summed E-state index contributed by atoms with van der Waals surface area (Å²) in [5.74, 6) is -0.964. The Morgan fingerprint density at radius 3 is 2.70 bits per heavy atom. The third kappa shape index (κ3) is 7.25. The minimum absolute atomic E-state index is 0.0553. The standard InChI is InChI=1S/C25H28F3N9O3/c1-36-35-21(24(39)33-13-18-11-17(6-8-31-18)25(26,27)28)15-37(36)9-3-2-7-30-14-20(34-29)23(38)32-12-16-10-19-4-5-22(16)40-19/h4-6,8,10-11,14-15,29-30,35H,2-3,7,9,12-13H2,1H3,(H,32,38)(H,33,39)/b20-14-,34-29?. The first kappa shape index (κ1) is 28.4. The molecule has 0 saturated carbocycles. The summed E-state index contributed by atoms with van der Waals surface area (Å²) in [6.07, 6.45) is 1.01. The highest BCUT2D eigenvalue weighted by Crippen LogP contribution is 2.29. The van der Waals surface area contributed by atoms with Crippen molar-refractivity contribution in [2.45, 2.75) is 32.1 Å². The molecule has 0 aromatic carbocycles. The van der Waals surface area contributed by atoms with E-state index in [2.05, 4.69) is 31.5 Å². The van der Waals surface area contributed by atoms with Crippen molar-refractivity contribution in [2.24, 2.45) is 5.11 Å². The molecule has 0 atom stereocenters. The maximum absolute atomic E-state index is 12.9. The predicted molar refractivity (Wildman–Crippen MR) is 136 cm³/mol. The molecular weight excluding hydrogens is 531 g/mol. The molecule has 0 saturated heterocycles. The van der Waals surface area contributed by atoms with E-state index >= 15 is 0 Å². The van der Waals surface area contributed by atoms with E-state index in [9.17, 15) is 22.8 Å². The number of hydrogen-bond donors (Lipinski definition) is 5. The van der Waals surface area contributed by atoms with E-state index in [1.807, 2.05) is 18.2 Å². The van der Waals surface area contributed by atoms with Gasteiger partial charge < -0.3 is 20.4 Å². The van der Waals surface area contributed by atoms with Crippen molar-refractivity contribution in [1.29, 1.82) is 5.53 Å². The molecule has 0 spiro atoms. The molecule has 12 nitrogen and oxygen atoms in total. The Balaban J connectivity index is 1.15. The van der Waals surface area contributed by atoms with Crippen LogP contribution in [0.5, 0.6) is 0 Å². The zero-order valence-electron chi connectivity index (χ0n) is 21.5. The number of hydrazine groups is 2. The Bertz CT molecular complexity index is 1400. The fraction of sp³-hybridized carbons (Fsp3) is 0.320. The van der Waals surface area contributed by atoms with Gasteiger partial charge in [-0.1, -0.05) is 0 Å². The number of rotatable bonds is 13. The van der Waals surface area contributed by atoms with Gasteiger partial charge in [0.05, 0.1) is 17.8 Å². The van der Waals surface area contributed by atoms with E-state index in [1.165, 1.54) is 6.20 Å². The van der Waals surface area contributed by atoms with Crippen molar-refractivity contribution in [3.05, 3.63) is 77.1 Å². The summed E-state index contributed by atoms with van der Waals surface area (Å²) < 4.78 is 44.0. The summed E-state index contributed by atoms with van der Waals surface area (Å²) in [5, 5.41) is 14.9. The monoisotopic (exact) mass is 559 g/mol. The number of carbonyl (C=O) groups is 2. The molecule has 0 unspecified atom stereocenters. The Morgan fingerprint density at radius 2 is 2.00 bits per heavy atom. The molecular formula is C25H28F3N9O3. The summed E-state index contributed by atoms with van der Waals surface area (Å²) in [6.45, 7) is 1.21. The number of halogens is 3. The second-order valence-corrected chi connectivity index (χ2v) is 8.91. The molecule has 1 aliphatic rings. The van der Waals surface area contributed by atoms with E-state index in [1.54, 1.807) is 23.4 Å². The van der Waals surface area contributed by atoms with Gasteiger partial charge in [0.2, 0.25) is 0 Å². The summed E-state index contributed by atoms with van der Waals surface area (Å²) in [7, 11) is 1.72. The number of benzene rings is 1. The van der Waals surface area contributed by atoms with Crippen LogP contribution in [0, 0.1) is 5.53 Å². The molecule has 2 bridgehead atoms. The molecule has 3 aromatic rings. The van der Waals surface area contributed by atoms with E-state index in [-0.39, 0.29) is 30.2 Å². The van der Waals surface area contributed by atoms with Crippen LogP contribution >= 0.6 is 0 Å². The Morgan fingerprint density at radius 1 is 1.18 bits per heavy atom. The minimum Gasteiger partial charge on any atom is -0.457 e. The van der Waals surface area contributed by atoms with Crippen LogP contribution in [0.1, 0.15) is 29.7 Å². The fourth-order valence-corrected chi connectivity index (χ4v) is 3.91. The molecule has 5 N–H and O–H groups in total. The van der Waals surface area contributed by atoms with Gasteiger partial charge in [-0.25, -0.2) is 5.53 Å². The maximum Gasteiger partial charge on any atom is 0.416 e. The number of nitrogens with one attached hydrogen (secondary N) is 5. The lowest BCUT2D eigenvalue weighted by Crippen LogP contribution is -2.41. The van der Waals surface area contributed by atoms with E-state index in [4.69, 9.17) is 9.95 Å². The van der Waals surface area contributed by atoms with Gasteiger partial charge in [-0.3, -0.25) is 25.0 Å². The van der Waals surface area contributed by atoms with Gasteiger partial charge in [0.1, 0.15) is 16.9 Å². The van der Waals surface area contributed by atoms with Gasteiger partial charge in [0.15, 0.2) is 5.70 Å². The van der Waals surface area contributed by atoms with Gasteiger partial charge in [-0.15, -0.1) is 5.12 Å². The summed E-state index contributed by atoms with van der Waals surface area (Å²) in [5.41, 5.74) is 11.9. The number of hydrogen-bond acceptors (Lipinski definition) is 10. The Labute approximate surface area is 227 Å². The SMILES string of the molecule is CN1NC(C(=O)NCc2cc(C(F)(F)F)ccn2)=CN1CCCCN/C=C(\N=N)C(=O)NCc1cc2ccc1o2. The molecule has 4 heterocycles. The van der Waals surface area contributed by atoms with E-state index in [0.29, 0.717) is 18.7 Å². The second kappa shape index (κ2) is 12.5. The average Bonchev–Trinajstić information content (AvgIpc) is 3.66. The van der Waals surface area contributed by atoms with Gasteiger partial charge in [0.25, 0.3) is 11.8 Å². The lowest BCUT2D eigenvalue weighted by atomic mass is 10.2. The fourth-order valence-electron chi connectivity index (χ4n) is 3.91. The van der Waals surface area contributed by atoms with Gasteiger partial charge in [-0.2, -0.15) is 18.3 Å². The number of aromatic nitrogens is 1. The van der Waals surface area contributed by atoms with Crippen LogP contribution in [-0.4, -0.2) is 47.1 Å². The molecule has 2 amide bonds. The molecule has 3 aromatic heterocycles. The van der Waals surface area contributed by atoms with Crippen molar-refractivity contribution in [2.75, 3.05) is 20.1 Å². The van der Waals surface area contributed by atoms with Crippen LogP contribution in [0.3, 0.4) is 0 Å². The number of nitrogens with zero attached hydrogens (tertiary/aromatic N) is 4. The van der Waals surface area contributed by atoms with Crippen molar-refractivity contribution < 1.29 is 27.2 Å².